The fourth-order valence-electron chi connectivity index (χ4n) is 3.92. The average molecular weight is 376 g/mol. The first-order valence-electron chi connectivity index (χ1n) is 9.72. The average Bonchev–Trinajstić information content (AvgIpc) is 3.33. The third-order valence-corrected chi connectivity index (χ3v) is 5.51. The number of anilines is 1. The molecular weight excluding hydrogens is 350 g/mol. The number of nitrogens with zero attached hydrogens (tertiary/aromatic N) is 3. The van der Waals surface area contributed by atoms with E-state index < -0.39 is 0 Å². The molecule has 1 unspecified atom stereocenters. The van der Waals surface area contributed by atoms with Crippen LogP contribution >= 0.6 is 0 Å². The van der Waals surface area contributed by atoms with Crippen molar-refractivity contribution in [1.29, 1.82) is 0 Å². The molecule has 1 aromatic heterocycles. The fraction of sp³-hybridized carbons (Fsp3) is 0.304. The Balaban J connectivity index is 1.68. The molecule has 0 saturated carbocycles. The molecule has 2 heterocycles. The van der Waals surface area contributed by atoms with Gasteiger partial charge in [0, 0.05) is 31.6 Å². The number of rotatable bonds is 5. The first-order valence-corrected chi connectivity index (χ1v) is 9.72. The summed E-state index contributed by atoms with van der Waals surface area (Å²) in [4.78, 5) is 13.9. The molecular formula is C23H26N3O2+. The Morgan fingerprint density at radius 2 is 1.93 bits per heavy atom. The maximum atomic E-state index is 12.1. The normalized spacial score (nSPS) is 15.1. The van der Waals surface area contributed by atoms with Gasteiger partial charge in [0.15, 0.2) is 11.4 Å². The van der Waals surface area contributed by atoms with Gasteiger partial charge < -0.3 is 9.64 Å². The Morgan fingerprint density at radius 1 is 1.14 bits per heavy atom. The summed E-state index contributed by atoms with van der Waals surface area (Å²) in [6.07, 6.45) is 5.75. The van der Waals surface area contributed by atoms with Crippen molar-refractivity contribution in [3.05, 3.63) is 72.3 Å². The van der Waals surface area contributed by atoms with E-state index in [9.17, 15) is 4.79 Å². The SMILES string of the molecule is COc1cc(N2CCCC2=O)ccc1-[n+]1cc(C)n(C(C)c2ccccc2)c1. The van der Waals surface area contributed by atoms with Gasteiger partial charge in [-0.05, 0) is 31.0 Å². The summed E-state index contributed by atoms with van der Waals surface area (Å²) >= 11 is 0. The number of carbonyl (C=O) groups excluding carboxylic acids is 1. The summed E-state index contributed by atoms with van der Waals surface area (Å²) in [5.74, 6) is 0.938. The molecule has 28 heavy (non-hydrogen) atoms. The van der Waals surface area contributed by atoms with Crippen molar-refractivity contribution < 1.29 is 14.1 Å². The van der Waals surface area contributed by atoms with E-state index in [2.05, 4.69) is 59.8 Å². The maximum Gasteiger partial charge on any atom is 0.249 e. The summed E-state index contributed by atoms with van der Waals surface area (Å²) in [6.45, 7) is 5.09. The lowest BCUT2D eigenvalue weighted by atomic mass is 10.1. The van der Waals surface area contributed by atoms with Crippen molar-refractivity contribution in [2.75, 3.05) is 18.6 Å². The van der Waals surface area contributed by atoms with Crippen LogP contribution in [0.2, 0.25) is 0 Å². The van der Waals surface area contributed by atoms with Gasteiger partial charge in [-0.1, -0.05) is 30.3 Å². The number of benzene rings is 2. The Kier molecular flexibility index (Phi) is 4.90. The predicted molar refractivity (Wildman–Crippen MR) is 109 cm³/mol. The van der Waals surface area contributed by atoms with E-state index in [1.165, 1.54) is 5.56 Å². The lowest BCUT2D eigenvalue weighted by Gasteiger charge is -2.17. The predicted octanol–water partition coefficient (Wildman–Crippen LogP) is 3.82. The smallest absolute Gasteiger partial charge is 0.249 e. The van der Waals surface area contributed by atoms with Crippen molar-refractivity contribution in [2.24, 2.45) is 0 Å². The molecule has 4 rings (SSSR count). The first-order chi connectivity index (χ1) is 13.6. The van der Waals surface area contributed by atoms with Gasteiger partial charge in [0.25, 0.3) is 0 Å². The first kappa shape index (κ1) is 18.3. The van der Waals surface area contributed by atoms with Crippen LogP contribution < -0.4 is 14.2 Å². The molecule has 144 valence electrons. The van der Waals surface area contributed by atoms with Crippen molar-refractivity contribution in [1.82, 2.24) is 4.57 Å². The van der Waals surface area contributed by atoms with Gasteiger partial charge in [-0.3, -0.25) is 4.79 Å². The quantitative estimate of drug-likeness (QED) is 0.635. The van der Waals surface area contributed by atoms with Crippen molar-refractivity contribution in [2.45, 2.75) is 32.7 Å². The maximum absolute atomic E-state index is 12.1. The van der Waals surface area contributed by atoms with E-state index in [0.29, 0.717) is 6.42 Å². The topological polar surface area (TPSA) is 38.4 Å². The van der Waals surface area contributed by atoms with Gasteiger partial charge in [-0.2, -0.15) is 4.57 Å². The molecule has 1 aliphatic rings. The van der Waals surface area contributed by atoms with Crippen molar-refractivity contribution >= 4 is 11.6 Å². The molecule has 0 radical (unpaired) electrons. The highest BCUT2D eigenvalue weighted by molar-refractivity contribution is 5.95. The van der Waals surface area contributed by atoms with Crippen molar-refractivity contribution in [3.63, 3.8) is 0 Å². The molecule has 0 spiro atoms. The van der Waals surface area contributed by atoms with E-state index in [4.69, 9.17) is 4.74 Å². The molecule has 1 aliphatic heterocycles. The number of hydrogen-bond acceptors (Lipinski definition) is 2. The second-order valence-corrected chi connectivity index (χ2v) is 7.29. The number of ether oxygens (including phenoxy) is 1. The number of carbonyl (C=O) groups is 1. The van der Waals surface area contributed by atoms with Crippen LogP contribution in [0.5, 0.6) is 5.75 Å². The second-order valence-electron chi connectivity index (χ2n) is 7.29. The lowest BCUT2D eigenvalue weighted by molar-refractivity contribution is -0.595. The molecule has 5 nitrogen and oxygen atoms in total. The van der Waals surface area contributed by atoms with E-state index in [1.807, 2.05) is 29.2 Å². The third kappa shape index (κ3) is 3.28. The molecule has 2 aromatic carbocycles. The molecule has 1 amide bonds. The summed E-state index contributed by atoms with van der Waals surface area (Å²) in [7, 11) is 1.67. The highest BCUT2D eigenvalue weighted by atomic mass is 16.5. The fourth-order valence-corrected chi connectivity index (χ4v) is 3.92. The zero-order valence-corrected chi connectivity index (χ0v) is 16.6. The lowest BCUT2D eigenvalue weighted by Crippen LogP contribution is -2.29. The van der Waals surface area contributed by atoms with Crippen LogP contribution in [0.25, 0.3) is 5.69 Å². The van der Waals surface area contributed by atoms with Gasteiger partial charge in [0.2, 0.25) is 12.2 Å². The number of aromatic nitrogens is 2. The van der Waals surface area contributed by atoms with E-state index in [-0.39, 0.29) is 11.9 Å². The van der Waals surface area contributed by atoms with Gasteiger partial charge in [-0.15, -0.1) is 0 Å². The summed E-state index contributed by atoms with van der Waals surface area (Å²) in [5, 5.41) is 0. The number of methoxy groups -OCH3 is 1. The Hall–Kier alpha value is -3.08. The van der Waals surface area contributed by atoms with Gasteiger partial charge in [0.1, 0.15) is 17.9 Å². The van der Waals surface area contributed by atoms with Crippen LogP contribution in [0.4, 0.5) is 5.69 Å². The van der Waals surface area contributed by atoms with Gasteiger partial charge >= 0.3 is 0 Å². The van der Waals surface area contributed by atoms with E-state index >= 15 is 0 Å². The molecule has 1 saturated heterocycles. The van der Waals surface area contributed by atoms with Crippen LogP contribution in [-0.4, -0.2) is 24.1 Å². The molecule has 5 heteroatoms. The number of amides is 1. The minimum Gasteiger partial charge on any atom is -0.492 e. The molecule has 1 fully saturated rings. The summed E-state index contributed by atoms with van der Waals surface area (Å²) < 4.78 is 10.0. The monoisotopic (exact) mass is 376 g/mol. The van der Waals surface area contributed by atoms with Crippen LogP contribution in [-0.2, 0) is 4.79 Å². The Labute approximate surface area is 165 Å². The molecule has 0 N–H and O–H groups in total. The molecule has 0 aliphatic carbocycles. The minimum absolute atomic E-state index is 0.182. The Morgan fingerprint density at radius 3 is 2.61 bits per heavy atom. The van der Waals surface area contributed by atoms with E-state index in [1.54, 1.807) is 7.11 Å². The second kappa shape index (κ2) is 7.50. The highest BCUT2D eigenvalue weighted by Gasteiger charge is 2.25. The van der Waals surface area contributed by atoms with Crippen LogP contribution in [0, 0.1) is 6.92 Å². The molecule has 0 bridgehead atoms. The highest BCUT2D eigenvalue weighted by Crippen LogP contribution is 2.29. The van der Waals surface area contributed by atoms with Gasteiger partial charge in [-0.25, -0.2) is 4.57 Å². The third-order valence-electron chi connectivity index (χ3n) is 5.51. The largest absolute Gasteiger partial charge is 0.492 e. The zero-order valence-electron chi connectivity index (χ0n) is 16.6. The zero-order chi connectivity index (χ0) is 19.7. The minimum atomic E-state index is 0.182. The summed E-state index contributed by atoms with van der Waals surface area (Å²) in [5.41, 5.74) is 4.29. The number of imidazole rings is 1. The van der Waals surface area contributed by atoms with Crippen LogP contribution in [0.3, 0.4) is 0 Å². The van der Waals surface area contributed by atoms with Gasteiger partial charge in [0.05, 0.1) is 7.11 Å². The van der Waals surface area contributed by atoms with E-state index in [0.717, 1.165) is 35.8 Å². The summed E-state index contributed by atoms with van der Waals surface area (Å²) in [6, 6.07) is 16.7. The Bertz CT molecular complexity index is 994. The number of aryl methyl sites for hydroxylation is 1. The number of hydrogen-bond donors (Lipinski definition) is 0. The molecule has 1 atom stereocenters. The standard InChI is InChI=1S/C23H26N3O2/c1-17-15-24(16-26(17)18(2)19-8-5-4-6-9-19)21-12-11-20(14-22(21)28-3)25-13-7-10-23(25)27/h4-6,8-9,11-12,14-16,18H,7,10,13H2,1-3H3/q+1. The molecule has 3 aromatic rings. The van der Waals surface area contributed by atoms with Crippen LogP contribution in [0.1, 0.15) is 37.1 Å². The van der Waals surface area contributed by atoms with Crippen molar-refractivity contribution in [3.8, 4) is 11.4 Å². The van der Waals surface area contributed by atoms with Crippen LogP contribution in [0.15, 0.2) is 61.1 Å².